The summed E-state index contributed by atoms with van der Waals surface area (Å²) in [7, 11) is 0. The minimum atomic E-state index is 0.333. The lowest BCUT2D eigenvalue weighted by molar-refractivity contribution is 0.750. The Morgan fingerprint density at radius 3 is 2.47 bits per heavy atom. The zero-order valence-electron chi connectivity index (χ0n) is 9.48. The van der Waals surface area contributed by atoms with Crippen LogP contribution in [-0.4, -0.2) is 4.98 Å². The Hall–Kier alpha value is -0.420. The molecule has 1 aromatic heterocycles. The number of nitrogens with zero attached hydrogens (tertiary/aromatic N) is 1. The molecule has 1 aromatic carbocycles. The van der Waals surface area contributed by atoms with Crippen molar-refractivity contribution in [1.29, 1.82) is 0 Å². The van der Waals surface area contributed by atoms with Crippen LogP contribution >= 0.6 is 38.5 Å². The molecule has 0 radical (unpaired) electrons. The zero-order valence-corrected chi connectivity index (χ0v) is 13.2. The molecule has 0 bridgehead atoms. The molecule has 0 spiro atoms. The van der Waals surface area contributed by atoms with E-state index in [0.29, 0.717) is 10.7 Å². The van der Waals surface area contributed by atoms with Crippen LogP contribution in [0.2, 0.25) is 0 Å². The van der Waals surface area contributed by atoms with Crippen LogP contribution in [0, 0.1) is 3.57 Å². The van der Waals surface area contributed by atoms with Crippen molar-refractivity contribution in [1.82, 2.24) is 4.98 Å². The molecule has 0 aliphatic heterocycles. The first kappa shape index (κ1) is 13.0. The highest BCUT2D eigenvalue weighted by Crippen LogP contribution is 2.37. The van der Waals surface area contributed by atoms with E-state index in [9.17, 15) is 0 Å². The standard InChI is InChI=1S/C14H13BrIN/c1-10(11-5-7-17-8-6-11)14(15)12-3-2-4-13(16)9-12/h2-10,14H,1H3. The van der Waals surface area contributed by atoms with Crippen LogP contribution in [-0.2, 0) is 0 Å². The van der Waals surface area contributed by atoms with Gasteiger partial charge in [-0.25, -0.2) is 0 Å². The fraction of sp³-hybridized carbons (Fsp3) is 0.214. The van der Waals surface area contributed by atoms with Crippen LogP contribution in [0.4, 0.5) is 0 Å². The summed E-state index contributed by atoms with van der Waals surface area (Å²) in [4.78, 5) is 4.39. The first-order valence-electron chi connectivity index (χ1n) is 5.48. The lowest BCUT2D eigenvalue weighted by Crippen LogP contribution is -2.02. The maximum atomic E-state index is 4.06. The third kappa shape index (κ3) is 3.28. The van der Waals surface area contributed by atoms with Gasteiger partial charge in [-0.1, -0.05) is 35.0 Å². The zero-order chi connectivity index (χ0) is 12.3. The van der Waals surface area contributed by atoms with Crippen LogP contribution < -0.4 is 0 Å². The molecule has 2 atom stereocenters. The predicted molar refractivity (Wildman–Crippen MR) is 83.5 cm³/mol. The molecule has 0 aliphatic rings. The summed E-state index contributed by atoms with van der Waals surface area (Å²) in [6, 6.07) is 12.8. The summed E-state index contributed by atoms with van der Waals surface area (Å²) in [5, 5.41) is 0. The summed E-state index contributed by atoms with van der Waals surface area (Å²) in [5.41, 5.74) is 2.63. The monoisotopic (exact) mass is 401 g/mol. The smallest absolute Gasteiger partial charge is 0.0461 e. The lowest BCUT2D eigenvalue weighted by Gasteiger charge is -2.19. The van der Waals surface area contributed by atoms with Crippen LogP contribution in [0.1, 0.15) is 28.8 Å². The quantitative estimate of drug-likeness (QED) is 0.525. The SMILES string of the molecule is CC(c1ccncc1)C(Br)c1cccc(I)c1. The van der Waals surface area contributed by atoms with Crippen molar-refractivity contribution < 1.29 is 0 Å². The Balaban J connectivity index is 2.23. The molecule has 0 amide bonds. The summed E-state index contributed by atoms with van der Waals surface area (Å²) < 4.78 is 1.27. The van der Waals surface area contributed by atoms with Crippen molar-refractivity contribution in [2.45, 2.75) is 17.7 Å². The van der Waals surface area contributed by atoms with Crippen molar-refractivity contribution in [2.75, 3.05) is 0 Å². The summed E-state index contributed by atoms with van der Waals surface area (Å²) in [6.07, 6.45) is 3.70. The molecule has 0 fully saturated rings. The second-order valence-corrected chi connectivity index (χ2v) is 6.26. The van der Waals surface area contributed by atoms with E-state index < -0.39 is 0 Å². The molecule has 1 nitrogen and oxygen atoms in total. The largest absolute Gasteiger partial charge is 0.265 e. The van der Waals surface area contributed by atoms with E-state index in [1.807, 2.05) is 12.4 Å². The molecule has 2 rings (SSSR count). The molecule has 88 valence electrons. The summed E-state index contributed by atoms with van der Waals surface area (Å²) in [5.74, 6) is 0.427. The maximum Gasteiger partial charge on any atom is 0.0461 e. The first-order chi connectivity index (χ1) is 8.18. The van der Waals surface area contributed by atoms with E-state index in [4.69, 9.17) is 0 Å². The second-order valence-electron chi connectivity index (χ2n) is 4.03. The fourth-order valence-corrected chi connectivity index (χ4v) is 2.96. The van der Waals surface area contributed by atoms with E-state index in [1.54, 1.807) is 0 Å². The Morgan fingerprint density at radius 2 is 1.82 bits per heavy atom. The topological polar surface area (TPSA) is 12.9 Å². The number of aromatic nitrogens is 1. The van der Waals surface area contributed by atoms with Crippen molar-refractivity contribution in [3.8, 4) is 0 Å². The number of hydrogen-bond acceptors (Lipinski definition) is 1. The Morgan fingerprint density at radius 1 is 1.12 bits per heavy atom. The second kappa shape index (κ2) is 5.96. The number of halogens is 2. The van der Waals surface area contributed by atoms with Crippen LogP contribution in [0.5, 0.6) is 0 Å². The van der Waals surface area contributed by atoms with Gasteiger partial charge in [-0.05, 0) is 63.9 Å². The molecule has 3 heteroatoms. The van der Waals surface area contributed by atoms with Gasteiger partial charge in [0, 0.05) is 20.8 Å². The van der Waals surface area contributed by atoms with Crippen LogP contribution in [0.15, 0.2) is 48.8 Å². The Labute approximate surface area is 124 Å². The molecule has 1 heterocycles. The third-order valence-corrected chi connectivity index (χ3v) is 4.83. The molecule has 0 N–H and O–H groups in total. The van der Waals surface area contributed by atoms with Gasteiger partial charge in [0.05, 0.1) is 0 Å². The van der Waals surface area contributed by atoms with Crippen molar-refractivity contribution in [3.63, 3.8) is 0 Å². The molecular formula is C14H13BrIN. The molecule has 0 aliphatic carbocycles. The van der Waals surface area contributed by atoms with E-state index in [0.717, 1.165) is 0 Å². The van der Waals surface area contributed by atoms with E-state index in [1.165, 1.54) is 14.7 Å². The molecule has 0 saturated carbocycles. The maximum absolute atomic E-state index is 4.06. The van der Waals surface area contributed by atoms with Crippen molar-refractivity contribution in [3.05, 3.63) is 63.5 Å². The summed E-state index contributed by atoms with van der Waals surface area (Å²) in [6.45, 7) is 2.23. The lowest BCUT2D eigenvalue weighted by atomic mass is 9.94. The summed E-state index contributed by atoms with van der Waals surface area (Å²) >= 11 is 6.14. The van der Waals surface area contributed by atoms with Gasteiger partial charge in [0.25, 0.3) is 0 Å². The van der Waals surface area contributed by atoms with Gasteiger partial charge in [0.1, 0.15) is 0 Å². The van der Waals surface area contributed by atoms with E-state index in [2.05, 4.69) is 86.8 Å². The molecule has 2 unspecified atom stereocenters. The van der Waals surface area contributed by atoms with Crippen LogP contribution in [0.3, 0.4) is 0 Å². The first-order valence-corrected chi connectivity index (χ1v) is 7.47. The molecular weight excluding hydrogens is 389 g/mol. The van der Waals surface area contributed by atoms with E-state index >= 15 is 0 Å². The number of hydrogen-bond donors (Lipinski definition) is 0. The van der Waals surface area contributed by atoms with Gasteiger partial charge < -0.3 is 0 Å². The number of pyridine rings is 1. The highest BCUT2D eigenvalue weighted by molar-refractivity contribution is 14.1. The fourth-order valence-electron chi connectivity index (χ4n) is 1.80. The molecule has 0 saturated heterocycles. The normalized spacial score (nSPS) is 14.3. The van der Waals surface area contributed by atoms with Gasteiger partial charge in [-0.2, -0.15) is 0 Å². The molecule has 2 aromatic rings. The van der Waals surface area contributed by atoms with Gasteiger partial charge in [-0.3, -0.25) is 4.98 Å². The van der Waals surface area contributed by atoms with E-state index in [-0.39, 0.29) is 0 Å². The highest BCUT2D eigenvalue weighted by Gasteiger charge is 2.17. The Kier molecular flexibility index (Phi) is 4.56. The minimum absolute atomic E-state index is 0.333. The number of rotatable bonds is 3. The van der Waals surface area contributed by atoms with Crippen molar-refractivity contribution >= 4 is 38.5 Å². The Bertz CT molecular complexity index is 487. The number of benzene rings is 1. The highest BCUT2D eigenvalue weighted by atomic mass is 127. The van der Waals surface area contributed by atoms with Crippen molar-refractivity contribution in [2.24, 2.45) is 0 Å². The van der Waals surface area contributed by atoms with Gasteiger partial charge in [-0.15, -0.1) is 0 Å². The van der Waals surface area contributed by atoms with Gasteiger partial charge in [0.2, 0.25) is 0 Å². The van der Waals surface area contributed by atoms with Crippen LogP contribution in [0.25, 0.3) is 0 Å². The average Bonchev–Trinajstić information content (AvgIpc) is 2.38. The third-order valence-electron chi connectivity index (χ3n) is 2.84. The molecule has 17 heavy (non-hydrogen) atoms. The van der Waals surface area contributed by atoms with Gasteiger partial charge in [0.15, 0.2) is 0 Å². The number of alkyl halides is 1. The predicted octanol–water partition coefficient (Wildman–Crippen LogP) is 4.93. The minimum Gasteiger partial charge on any atom is -0.265 e. The van der Waals surface area contributed by atoms with Gasteiger partial charge >= 0.3 is 0 Å². The average molecular weight is 402 g/mol.